The molecular formula is C19H19NO5. The van der Waals surface area contributed by atoms with Crippen molar-refractivity contribution in [3.8, 4) is 23.0 Å². The van der Waals surface area contributed by atoms with Gasteiger partial charge in [-0.1, -0.05) is 6.07 Å². The first-order chi connectivity index (χ1) is 12.2. The summed E-state index contributed by atoms with van der Waals surface area (Å²) >= 11 is 0. The molecule has 1 heterocycles. The number of nitrogens with one attached hydrogen (secondary N) is 1. The molecule has 0 aromatic heterocycles. The molecule has 0 radical (unpaired) electrons. The number of methoxy groups -OCH3 is 2. The molecule has 0 aliphatic carbocycles. The van der Waals surface area contributed by atoms with Gasteiger partial charge in [0.1, 0.15) is 24.7 Å². The van der Waals surface area contributed by atoms with Crippen LogP contribution in [-0.4, -0.2) is 33.3 Å². The van der Waals surface area contributed by atoms with E-state index in [9.17, 15) is 4.79 Å². The molecule has 1 aliphatic rings. The molecule has 0 atom stereocenters. The van der Waals surface area contributed by atoms with Crippen molar-refractivity contribution >= 4 is 17.7 Å². The smallest absolute Gasteiger partial charge is 0.248 e. The topological polar surface area (TPSA) is 66.0 Å². The van der Waals surface area contributed by atoms with E-state index >= 15 is 0 Å². The molecule has 2 aromatic rings. The van der Waals surface area contributed by atoms with Gasteiger partial charge < -0.3 is 24.3 Å². The number of hydrogen-bond acceptors (Lipinski definition) is 5. The van der Waals surface area contributed by atoms with Crippen molar-refractivity contribution in [1.82, 2.24) is 0 Å². The van der Waals surface area contributed by atoms with E-state index in [1.807, 2.05) is 6.07 Å². The Bertz CT molecular complexity index is 778. The van der Waals surface area contributed by atoms with Gasteiger partial charge in [0.2, 0.25) is 5.91 Å². The zero-order valence-electron chi connectivity index (χ0n) is 14.1. The third-order valence-electron chi connectivity index (χ3n) is 3.68. The SMILES string of the molecule is COc1cccc(OC)c1/C=C/C(=O)Nc1ccc2c(c1)OCCO2. The van der Waals surface area contributed by atoms with Crippen molar-refractivity contribution in [3.63, 3.8) is 0 Å². The number of carbonyl (C=O) groups excluding carboxylic acids is 1. The van der Waals surface area contributed by atoms with E-state index in [0.29, 0.717) is 47.5 Å². The second-order valence-electron chi connectivity index (χ2n) is 5.26. The third kappa shape index (κ3) is 3.85. The molecule has 25 heavy (non-hydrogen) atoms. The summed E-state index contributed by atoms with van der Waals surface area (Å²) in [5.74, 6) is 2.29. The van der Waals surface area contributed by atoms with E-state index in [2.05, 4.69) is 5.32 Å². The van der Waals surface area contributed by atoms with Crippen molar-refractivity contribution in [3.05, 3.63) is 48.0 Å². The van der Waals surface area contributed by atoms with Gasteiger partial charge in [-0.05, 0) is 30.3 Å². The first-order valence-corrected chi connectivity index (χ1v) is 7.81. The van der Waals surface area contributed by atoms with Gasteiger partial charge in [-0.15, -0.1) is 0 Å². The highest BCUT2D eigenvalue weighted by Gasteiger charge is 2.12. The van der Waals surface area contributed by atoms with Crippen LogP contribution in [-0.2, 0) is 4.79 Å². The Morgan fingerprint density at radius 1 is 1.04 bits per heavy atom. The highest BCUT2D eigenvalue weighted by Crippen LogP contribution is 2.33. The number of fused-ring (bicyclic) bond motifs is 1. The maximum atomic E-state index is 12.2. The maximum Gasteiger partial charge on any atom is 0.248 e. The molecule has 1 N–H and O–H groups in total. The standard InChI is InChI=1S/C19H19NO5/c1-22-15-4-3-5-16(23-2)14(15)7-9-19(21)20-13-6-8-17-18(12-13)25-11-10-24-17/h3-9,12H,10-11H2,1-2H3,(H,20,21)/b9-7+. The number of anilines is 1. The quantitative estimate of drug-likeness (QED) is 0.847. The van der Waals surface area contributed by atoms with Crippen LogP contribution in [0.25, 0.3) is 6.08 Å². The van der Waals surface area contributed by atoms with Crippen LogP contribution >= 0.6 is 0 Å². The van der Waals surface area contributed by atoms with Gasteiger partial charge in [-0.25, -0.2) is 0 Å². The molecule has 0 bridgehead atoms. The molecule has 0 spiro atoms. The minimum absolute atomic E-state index is 0.273. The number of amides is 1. The first-order valence-electron chi connectivity index (χ1n) is 7.81. The lowest BCUT2D eigenvalue weighted by Crippen LogP contribution is -2.16. The lowest BCUT2D eigenvalue weighted by Gasteiger charge is -2.18. The van der Waals surface area contributed by atoms with Crippen LogP contribution in [0, 0.1) is 0 Å². The number of hydrogen-bond donors (Lipinski definition) is 1. The van der Waals surface area contributed by atoms with Crippen LogP contribution in [0.5, 0.6) is 23.0 Å². The molecule has 0 unspecified atom stereocenters. The predicted molar refractivity (Wildman–Crippen MR) is 94.6 cm³/mol. The molecule has 0 saturated carbocycles. The summed E-state index contributed by atoms with van der Waals surface area (Å²) < 4.78 is 21.6. The molecular weight excluding hydrogens is 322 g/mol. The predicted octanol–water partition coefficient (Wildman–Crippen LogP) is 3.13. The normalized spacial score (nSPS) is 12.7. The Balaban J connectivity index is 1.74. The highest BCUT2D eigenvalue weighted by molar-refractivity contribution is 6.02. The Kier molecular flexibility index (Phi) is 5.09. The first kappa shape index (κ1) is 16.7. The number of carbonyl (C=O) groups is 1. The van der Waals surface area contributed by atoms with E-state index in [-0.39, 0.29) is 5.91 Å². The minimum atomic E-state index is -0.273. The van der Waals surface area contributed by atoms with E-state index in [1.54, 1.807) is 50.6 Å². The Labute approximate surface area is 146 Å². The van der Waals surface area contributed by atoms with Crippen LogP contribution in [0.1, 0.15) is 5.56 Å². The molecule has 130 valence electrons. The summed E-state index contributed by atoms with van der Waals surface area (Å²) in [6.45, 7) is 1.03. The van der Waals surface area contributed by atoms with E-state index in [4.69, 9.17) is 18.9 Å². The second-order valence-corrected chi connectivity index (χ2v) is 5.26. The highest BCUT2D eigenvalue weighted by atomic mass is 16.6. The zero-order chi connectivity index (χ0) is 17.6. The Hall–Kier alpha value is -3.15. The van der Waals surface area contributed by atoms with Crippen LogP contribution in [0.2, 0.25) is 0 Å². The van der Waals surface area contributed by atoms with Gasteiger partial charge >= 0.3 is 0 Å². The van der Waals surface area contributed by atoms with E-state index < -0.39 is 0 Å². The zero-order valence-corrected chi connectivity index (χ0v) is 14.1. The largest absolute Gasteiger partial charge is 0.496 e. The number of benzene rings is 2. The number of rotatable bonds is 5. The van der Waals surface area contributed by atoms with Crippen molar-refractivity contribution in [2.75, 3.05) is 32.8 Å². The van der Waals surface area contributed by atoms with Crippen LogP contribution in [0.15, 0.2) is 42.5 Å². The Morgan fingerprint density at radius 3 is 2.40 bits per heavy atom. The molecule has 3 rings (SSSR count). The van der Waals surface area contributed by atoms with Crippen molar-refractivity contribution in [2.24, 2.45) is 0 Å². The second kappa shape index (κ2) is 7.61. The fourth-order valence-electron chi connectivity index (χ4n) is 2.51. The summed E-state index contributed by atoms with van der Waals surface area (Å²) in [7, 11) is 3.14. The molecule has 6 nitrogen and oxygen atoms in total. The maximum absolute atomic E-state index is 12.2. The monoisotopic (exact) mass is 341 g/mol. The van der Waals surface area contributed by atoms with E-state index in [0.717, 1.165) is 0 Å². The lowest BCUT2D eigenvalue weighted by atomic mass is 10.1. The molecule has 2 aromatic carbocycles. The average Bonchev–Trinajstić information content (AvgIpc) is 2.65. The van der Waals surface area contributed by atoms with Gasteiger partial charge in [-0.2, -0.15) is 0 Å². The molecule has 1 aliphatic heterocycles. The minimum Gasteiger partial charge on any atom is -0.496 e. The summed E-state index contributed by atoms with van der Waals surface area (Å²) in [5.41, 5.74) is 1.33. The van der Waals surface area contributed by atoms with Crippen molar-refractivity contribution in [1.29, 1.82) is 0 Å². The van der Waals surface area contributed by atoms with Gasteiger partial charge in [0.25, 0.3) is 0 Å². The summed E-state index contributed by atoms with van der Waals surface area (Å²) in [6, 6.07) is 10.7. The van der Waals surface area contributed by atoms with Gasteiger partial charge in [0.15, 0.2) is 11.5 Å². The summed E-state index contributed by atoms with van der Waals surface area (Å²) in [6.07, 6.45) is 3.09. The summed E-state index contributed by atoms with van der Waals surface area (Å²) in [5, 5.41) is 2.79. The van der Waals surface area contributed by atoms with Gasteiger partial charge in [0, 0.05) is 17.8 Å². The fourth-order valence-corrected chi connectivity index (χ4v) is 2.51. The Morgan fingerprint density at radius 2 is 1.72 bits per heavy atom. The molecule has 0 fully saturated rings. The average molecular weight is 341 g/mol. The van der Waals surface area contributed by atoms with Crippen LogP contribution < -0.4 is 24.3 Å². The lowest BCUT2D eigenvalue weighted by molar-refractivity contribution is -0.111. The molecule has 0 saturated heterocycles. The number of ether oxygens (including phenoxy) is 4. The van der Waals surface area contributed by atoms with Crippen LogP contribution in [0.3, 0.4) is 0 Å². The van der Waals surface area contributed by atoms with Crippen molar-refractivity contribution < 1.29 is 23.7 Å². The van der Waals surface area contributed by atoms with Gasteiger partial charge in [-0.3, -0.25) is 4.79 Å². The van der Waals surface area contributed by atoms with Crippen LogP contribution in [0.4, 0.5) is 5.69 Å². The molecule has 1 amide bonds. The molecule has 6 heteroatoms. The fraction of sp³-hybridized carbons (Fsp3) is 0.211. The van der Waals surface area contributed by atoms with Crippen molar-refractivity contribution in [2.45, 2.75) is 0 Å². The summed E-state index contributed by atoms with van der Waals surface area (Å²) in [4.78, 5) is 12.2. The van der Waals surface area contributed by atoms with E-state index in [1.165, 1.54) is 6.08 Å². The third-order valence-corrected chi connectivity index (χ3v) is 3.68. The van der Waals surface area contributed by atoms with Gasteiger partial charge in [0.05, 0.1) is 19.8 Å².